The highest BCUT2D eigenvalue weighted by Gasteiger charge is 2.34. The van der Waals surface area contributed by atoms with Crippen molar-refractivity contribution in [2.24, 2.45) is 0 Å². The molecule has 46 heavy (non-hydrogen) atoms. The minimum Gasteiger partial charge on any atom is -0.529 e. The topological polar surface area (TPSA) is 125 Å². The molecule has 0 bridgehead atoms. The molecule has 0 aliphatic heterocycles. The van der Waals surface area contributed by atoms with Gasteiger partial charge in [-0.2, -0.15) is 13.2 Å². The number of carboxylic acid groups (broad SMARTS) is 1. The minimum atomic E-state index is -4.71. The minimum absolute atomic E-state index is 0.0102. The number of carbonyl (C=O) groups is 2. The van der Waals surface area contributed by atoms with E-state index in [0.29, 0.717) is 17.1 Å². The number of aromatic nitrogens is 3. The molecule has 1 amide bonds. The zero-order chi connectivity index (χ0) is 33.2. The molecule has 0 fully saturated rings. The molecule has 0 saturated carbocycles. The average molecular weight is 670 g/mol. The highest BCUT2D eigenvalue weighted by Crippen LogP contribution is 2.38. The van der Waals surface area contributed by atoms with Gasteiger partial charge in [0, 0.05) is 31.3 Å². The summed E-state index contributed by atoms with van der Waals surface area (Å²) in [5.41, 5.74) is 1.35. The third-order valence-corrected chi connectivity index (χ3v) is 9.35. The molecule has 0 saturated heterocycles. The Labute approximate surface area is 267 Å². The monoisotopic (exact) mass is 669 g/mol. The van der Waals surface area contributed by atoms with E-state index in [1.165, 1.54) is 24.4 Å². The Balaban J connectivity index is 1.44. The van der Waals surface area contributed by atoms with Crippen molar-refractivity contribution in [3.05, 3.63) is 118 Å². The number of nitrogens with zero attached hydrogens (tertiary/aromatic N) is 4. The second-order valence-electron chi connectivity index (χ2n) is 10.4. The molecule has 0 unspecified atom stereocenters. The number of carbonyl (C=O) groups excluding carboxylic acids is 2. The molecule has 3 aromatic carbocycles. The highest BCUT2D eigenvalue weighted by atomic mass is 35.5. The number of fused-ring (bicyclic) bond motifs is 1. The number of amides is 1. The van der Waals surface area contributed by atoms with Crippen molar-refractivity contribution in [2.45, 2.75) is 37.3 Å². The van der Waals surface area contributed by atoms with Crippen molar-refractivity contribution in [2.75, 3.05) is 6.54 Å². The van der Waals surface area contributed by atoms with E-state index in [2.05, 4.69) is 9.97 Å². The second-order valence-corrected chi connectivity index (χ2v) is 12.7. The van der Waals surface area contributed by atoms with Gasteiger partial charge in [0.1, 0.15) is 11.5 Å². The first kappa shape index (κ1) is 32.6. The van der Waals surface area contributed by atoms with Crippen LogP contribution in [0.2, 0.25) is 5.02 Å². The summed E-state index contributed by atoms with van der Waals surface area (Å²) >= 11 is 6.04. The van der Waals surface area contributed by atoms with E-state index in [4.69, 9.17) is 11.6 Å². The maximum Gasteiger partial charge on any atom is 0.417 e. The number of benzene rings is 3. The predicted octanol–water partition coefficient (Wildman–Crippen LogP) is 5.79. The number of rotatable bonds is 10. The van der Waals surface area contributed by atoms with Gasteiger partial charge in [0.2, 0.25) is 0 Å². The van der Waals surface area contributed by atoms with Gasteiger partial charge in [-0.05, 0) is 67.4 Å². The van der Waals surface area contributed by atoms with Gasteiger partial charge in [-0.1, -0.05) is 47.5 Å². The molecule has 0 aliphatic rings. The smallest absolute Gasteiger partial charge is 0.417 e. The van der Waals surface area contributed by atoms with E-state index in [0.717, 1.165) is 11.6 Å². The molecule has 0 atom stereocenters. The van der Waals surface area contributed by atoms with Gasteiger partial charge >= 0.3 is 6.18 Å². The van der Waals surface area contributed by atoms with Crippen LogP contribution in [0.15, 0.2) is 90.0 Å². The van der Waals surface area contributed by atoms with Crippen molar-refractivity contribution < 1.29 is 36.3 Å². The molecule has 0 aliphatic carbocycles. The summed E-state index contributed by atoms with van der Waals surface area (Å²) in [4.78, 5) is 32.8. The van der Waals surface area contributed by atoms with Crippen LogP contribution in [-0.2, 0) is 29.0 Å². The lowest BCUT2D eigenvalue weighted by Gasteiger charge is -2.24. The van der Waals surface area contributed by atoms with Gasteiger partial charge in [-0.25, -0.2) is 13.4 Å². The third kappa shape index (κ3) is 6.90. The number of Topliss-reactive ketones (excluding diaryl/α,β-unsaturated/α-hetero) is 1. The van der Waals surface area contributed by atoms with E-state index in [1.807, 2.05) is 0 Å². The second kappa shape index (κ2) is 12.9. The number of imidazole rings is 1. The lowest BCUT2D eigenvalue weighted by atomic mass is 10.1. The summed E-state index contributed by atoms with van der Waals surface area (Å²) in [6, 6.07) is 19.2. The number of hydrogen-bond donors (Lipinski definition) is 0. The fourth-order valence-electron chi connectivity index (χ4n) is 4.89. The first-order chi connectivity index (χ1) is 21.8. The Morgan fingerprint density at radius 2 is 1.67 bits per heavy atom. The van der Waals surface area contributed by atoms with E-state index in [9.17, 15) is 36.3 Å². The lowest BCUT2D eigenvalue weighted by molar-refractivity contribution is -0.259. The highest BCUT2D eigenvalue weighted by molar-refractivity contribution is 7.89. The quantitative estimate of drug-likeness (QED) is 0.172. The van der Waals surface area contributed by atoms with Crippen LogP contribution in [0, 0.1) is 6.92 Å². The zero-order valence-electron chi connectivity index (χ0n) is 24.2. The normalized spacial score (nSPS) is 11.9. The van der Waals surface area contributed by atoms with E-state index < -0.39 is 39.4 Å². The van der Waals surface area contributed by atoms with Crippen LogP contribution in [0.5, 0.6) is 0 Å². The molecule has 2 heterocycles. The first-order valence-electron chi connectivity index (χ1n) is 13.9. The summed E-state index contributed by atoms with van der Waals surface area (Å²) < 4.78 is 68.6. The van der Waals surface area contributed by atoms with E-state index in [1.54, 1.807) is 66.1 Å². The predicted molar refractivity (Wildman–Crippen MR) is 162 cm³/mol. The zero-order valence-corrected chi connectivity index (χ0v) is 25.7. The summed E-state index contributed by atoms with van der Waals surface area (Å²) in [6.45, 7) is 1.35. The molecule has 14 heteroatoms. The molecule has 238 valence electrons. The molecule has 2 aromatic heterocycles. The molecule has 9 nitrogen and oxygen atoms in total. The lowest BCUT2D eigenvalue weighted by Crippen LogP contribution is -2.45. The van der Waals surface area contributed by atoms with Crippen LogP contribution >= 0.6 is 11.6 Å². The number of sulfonamides is 1. The van der Waals surface area contributed by atoms with Crippen LogP contribution in [0.3, 0.4) is 0 Å². The summed E-state index contributed by atoms with van der Waals surface area (Å²) in [7, 11) is -4.38. The maximum atomic E-state index is 13.6. The van der Waals surface area contributed by atoms with Gasteiger partial charge in [0.05, 0.1) is 26.5 Å². The van der Waals surface area contributed by atoms with Crippen molar-refractivity contribution >= 4 is 44.5 Å². The Morgan fingerprint density at radius 1 is 0.978 bits per heavy atom. The van der Waals surface area contributed by atoms with Crippen LogP contribution < -0.4 is 5.11 Å². The molecule has 0 N–H and O–H groups in total. The molecule has 5 rings (SSSR count). The number of halogens is 4. The first-order valence-corrected chi connectivity index (χ1v) is 15.7. The summed E-state index contributed by atoms with van der Waals surface area (Å²) in [6.07, 6.45) is -5.04. The van der Waals surface area contributed by atoms with Gasteiger partial charge in [0.15, 0.2) is 11.9 Å². The third-order valence-electron chi connectivity index (χ3n) is 7.26. The van der Waals surface area contributed by atoms with Crippen molar-refractivity contribution in [1.29, 1.82) is 0 Å². The van der Waals surface area contributed by atoms with Crippen LogP contribution in [0.1, 0.15) is 39.4 Å². The molecule has 0 radical (unpaired) electrons. The summed E-state index contributed by atoms with van der Waals surface area (Å²) in [5, 5.41) is 11.3. The molecular weight excluding hydrogens is 645 g/mol. The van der Waals surface area contributed by atoms with Crippen LogP contribution in [0.25, 0.3) is 16.7 Å². The largest absolute Gasteiger partial charge is 0.529 e. The van der Waals surface area contributed by atoms with Crippen LogP contribution in [0.4, 0.5) is 18.0 Å². The van der Waals surface area contributed by atoms with Crippen molar-refractivity contribution in [3.63, 3.8) is 0 Å². The van der Waals surface area contributed by atoms with E-state index >= 15 is 0 Å². The molecular formula is C32H25ClF3N4O5S-. The number of alkyl halides is 3. The number of pyridine rings is 1. The van der Waals surface area contributed by atoms with Crippen molar-refractivity contribution in [3.8, 4) is 5.69 Å². The fraction of sp³-hybridized carbons (Fsp3) is 0.188. The van der Waals surface area contributed by atoms with Gasteiger partial charge in [-0.3, -0.25) is 18.7 Å². The fourth-order valence-corrected chi connectivity index (χ4v) is 6.42. The number of aryl methyl sites for hydroxylation is 2. The Kier molecular flexibility index (Phi) is 9.17. The average Bonchev–Trinajstić information content (AvgIpc) is 3.36. The molecule has 0 spiro atoms. The summed E-state index contributed by atoms with van der Waals surface area (Å²) in [5.74, 6) is 0.0244. The SMILES string of the molecule is Cc1ccc(S(=O)(=O)N(CCc2ccc(-n3c(CCC(=O)c4ccccn4)nc4cc(C(F)(F)F)c(Cl)cc43)cc2)C(=O)[O-])cc1. The number of ketones is 1. The van der Waals surface area contributed by atoms with Crippen molar-refractivity contribution in [1.82, 2.24) is 18.8 Å². The Bertz CT molecular complexity index is 2020. The van der Waals surface area contributed by atoms with Crippen LogP contribution in [-0.4, -0.2) is 45.7 Å². The van der Waals surface area contributed by atoms with Gasteiger partial charge < -0.3 is 9.90 Å². The maximum absolute atomic E-state index is 13.6. The Hall–Kier alpha value is -4.75. The Morgan fingerprint density at radius 3 is 2.28 bits per heavy atom. The van der Waals surface area contributed by atoms with Gasteiger partial charge in [-0.15, -0.1) is 0 Å². The molecule has 5 aromatic rings. The standard InChI is InChI=1S/C32H26ClF3N4O5S/c1-20-5-11-23(12-6-20)46(44,45)39(31(42)43)17-15-21-7-9-22(10-8-21)40-28-19-25(33)24(32(34,35)36)18-27(28)38-30(40)14-13-29(41)26-4-2-3-16-37-26/h2-12,16,18-19H,13-15,17H2,1H3,(H,42,43)/p-1. The number of hydrogen-bond acceptors (Lipinski definition) is 7. The van der Waals surface area contributed by atoms with Gasteiger partial charge in [0.25, 0.3) is 10.0 Å². The van der Waals surface area contributed by atoms with E-state index in [-0.39, 0.29) is 51.0 Å².